The SMILES string of the molecule is C[C@@H](O)[C@H]1C(=O)N2C(C(=O)OCc3ccc([N+](=O)[O-])cc3)=C(S[C@H]3C[C@@H](CC(C)(C)NC(=O)OCc4ccc([N+](=O)[O-])cc4)N(C(=O)OCc4ccc([N+](=O)[O-])cc4)C3)[C@H](C)[C@H]12. The van der Waals surface area contributed by atoms with Gasteiger partial charge in [0.2, 0.25) is 5.91 Å². The molecule has 3 aliphatic rings. The number of amides is 3. The summed E-state index contributed by atoms with van der Waals surface area (Å²) in [6, 6.07) is 15.5. The van der Waals surface area contributed by atoms with Crippen molar-refractivity contribution in [2.24, 2.45) is 11.8 Å². The summed E-state index contributed by atoms with van der Waals surface area (Å²) in [4.78, 5) is 89.1. The molecule has 21 heteroatoms. The Labute approximate surface area is 358 Å². The molecule has 0 spiro atoms. The second-order valence-electron chi connectivity index (χ2n) is 15.9. The van der Waals surface area contributed by atoms with Crippen molar-refractivity contribution in [2.45, 2.75) is 89.3 Å². The summed E-state index contributed by atoms with van der Waals surface area (Å²) in [5.41, 5.74) is 0.182. The second-order valence-corrected chi connectivity index (χ2v) is 17.3. The molecule has 0 unspecified atom stereocenters. The molecule has 0 radical (unpaired) electrons. The lowest BCUT2D eigenvalue weighted by molar-refractivity contribution is -0.385. The number of nitro benzene ring substituents is 3. The van der Waals surface area contributed by atoms with Crippen LogP contribution in [-0.2, 0) is 43.6 Å². The first kappa shape index (κ1) is 44.9. The number of aliphatic hydroxyl groups is 1. The summed E-state index contributed by atoms with van der Waals surface area (Å²) in [5, 5.41) is 46.2. The van der Waals surface area contributed by atoms with Gasteiger partial charge in [-0.3, -0.25) is 35.1 Å². The zero-order chi connectivity index (χ0) is 45.0. The fourth-order valence-corrected chi connectivity index (χ4v) is 9.47. The molecule has 6 rings (SSSR count). The maximum Gasteiger partial charge on any atom is 0.410 e. The number of nitrogens with one attached hydrogen (secondary N) is 1. The van der Waals surface area contributed by atoms with Crippen molar-refractivity contribution in [3.05, 3.63) is 130 Å². The average Bonchev–Trinajstić information content (AvgIpc) is 3.72. The summed E-state index contributed by atoms with van der Waals surface area (Å²) < 4.78 is 16.7. The summed E-state index contributed by atoms with van der Waals surface area (Å²) in [6.45, 7) is 6.37. The van der Waals surface area contributed by atoms with Crippen LogP contribution in [0.3, 0.4) is 0 Å². The maximum atomic E-state index is 13.9. The first-order chi connectivity index (χ1) is 29.3. The maximum absolute atomic E-state index is 13.9. The molecule has 0 saturated carbocycles. The van der Waals surface area contributed by atoms with Crippen molar-refractivity contribution < 1.29 is 53.3 Å². The van der Waals surface area contributed by atoms with Crippen LogP contribution in [0.5, 0.6) is 0 Å². The van der Waals surface area contributed by atoms with Gasteiger partial charge in [0.25, 0.3) is 17.1 Å². The number of thioether (sulfide) groups is 1. The molecule has 20 nitrogen and oxygen atoms in total. The van der Waals surface area contributed by atoms with Gasteiger partial charge in [-0.1, -0.05) is 6.92 Å². The highest BCUT2D eigenvalue weighted by Gasteiger charge is 2.60. The van der Waals surface area contributed by atoms with Crippen LogP contribution in [0, 0.1) is 42.2 Å². The van der Waals surface area contributed by atoms with Gasteiger partial charge in [-0.05, 0) is 86.7 Å². The third-order valence-corrected chi connectivity index (χ3v) is 12.4. The van der Waals surface area contributed by atoms with Crippen molar-refractivity contribution in [1.29, 1.82) is 0 Å². The van der Waals surface area contributed by atoms with E-state index in [0.717, 1.165) is 0 Å². The van der Waals surface area contributed by atoms with E-state index in [2.05, 4.69) is 5.32 Å². The van der Waals surface area contributed by atoms with E-state index in [9.17, 15) is 54.6 Å². The monoisotopic (exact) mass is 876 g/mol. The minimum Gasteiger partial charge on any atom is -0.456 e. The van der Waals surface area contributed by atoms with Gasteiger partial charge in [0.15, 0.2) is 0 Å². The molecule has 3 amide bonds. The number of fused-ring (bicyclic) bond motifs is 1. The van der Waals surface area contributed by atoms with Gasteiger partial charge in [0, 0.05) is 70.6 Å². The van der Waals surface area contributed by atoms with Crippen LogP contribution >= 0.6 is 11.8 Å². The number of nitro groups is 3. The van der Waals surface area contributed by atoms with Gasteiger partial charge < -0.3 is 34.4 Å². The van der Waals surface area contributed by atoms with Gasteiger partial charge in [-0.25, -0.2) is 14.4 Å². The predicted molar refractivity (Wildman–Crippen MR) is 220 cm³/mol. The fourth-order valence-electron chi connectivity index (χ4n) is 7.91. The number of β-lactam (4-membered cyclic amide) rings is 1. The number of carbonyl (C=O) groups excluding carboxylic acids is 4. The van der Waals surface area contributed by atoms with Crippen LogP contribution in [0.1, 0.15) is 57.2 Å². The van der Waals surface area contributed by atoms with Crippen molar-refractivity contribution in [3.8, 4) is 0 Å². The zero-order valence-corrected chi connectivity index (χ0v) is 34.9. The lowest BCUT2D eigenvalue weighted by Crippen LogP contribution is -2.63. The molecular weight excluding hydrogens is 833 g/mol. The molecule has 62 heavy (non-hydrogen) atoms. The minimum atomic E-state index is -1.000. The highest BCUT2D eigenvalue weighted by Crippen LogP contribution is 2.53. The minimum absolute atomic E-state index is 0.0184. The lowest BCUT2D eigenvalue weighted by Gasteiger charge is -2.46. The number of hydrogen-bond acceptors (Lipinski definition) is 15. The molecule has 3 heterocycles. The van der Waals surface area contributed by atoms with Crippen LogP contribution in [0.15, 0.2) is 83.4 Å². The summed E-state index contributed by atoms with van der Waals surface area (Å²) in [5.74, 6) is -2.42. The average molecular weight is 877 g/mol. The second kappa shape index (κ2) is 18.6. The Balaban J connectivity index is 1.20. The first-order valence-corrected chi connectivity index (χ1v) is 20.4. The number of esters is 1. The molecule has 328 valence electrons. The Hall–Kier alpha value is -6.61. The van der Waals surface area contributed by atoms with Gasteiger partial charge in [-0.15, -0.1) is 11.8 Å². The van der Waals surface area contributed by atoms with E-state index in [1.54, 1.807) is 13.8 Å². The topological polar surface area (TPSA) is 264 Å². The number of non-ortho nitro benzene ring substituents is 3. The molecule has 0 aromatic heterocycles. The van der Waals surface area contributed by atoms with E-state index < -0.39 is 74.4 Å². The van der Waals surface area contributed by atoms with Crippen molar-refractivity contribution in [3.63, 3.8) is 0 Å². The Morgan fingerprint density at radius 2 is 1.29 bits per heavy atom. The number of nitrogens with zero attached hydrogens (tertiary/aromatic N) is 5. The third kappa shape index (κ3) is 10.1. The quantitative estimate of drug-likeness (QED) is 0.0539. The largest absolute Gasteiger partial charge is 0.456 e. The van der Waals surface area contributed by atoms with Crippen LogP contribution in [0.2, 0.25) is 0 Å². The summed E-state index contributed by atoms with van der Waals surface area (Å²) >= 11 is 1.30. The molecule has 2 N–H and O–H groups in total. The number of alkyl carbamates (subject to hydrolysis) is 1. The molecule has 2 fully saturated rings. The zero-order valence-electron chi connectivity index (χ0n) is 34.0. The standard InChI is InChI=1S/C41H44N6O14S/c1-23-34-33(24(2)48)37(49)44(34)35(38(50)59-20-25-5-11-28(12-6-25)45(53)54)36(23)62-32-17-31(43(19-32)40(52)61-22-27-9-15-30(16-10-27)47(57)58)18-41(3,4)42-39(51)60-21-26-7-13-29(14-8-26)46(55)56/h5-16,23-24,31-34,48H,17-22H2,1-4H3,(H,42,51)/t23-,24-,31+,32+,33-,34-/m1/s1. The highest BCUT2D eigenvalue weighted by atomic mass is 32.2. The molecule has 3 aliphatic heterocycles. The van der Waals surface area contributed by atoms with Gasteiger partial charge >= 0.3 is 18.2 Å². The molecule has 2 saturated heterocycles. The van der Waals surface area contributed by atoms with Crippen LogP contribution in [0.4, 0.5) is 26.7 Å². The Kier molecular flexibility index (Phi) is 13.5. The molecule has 3 aromatic rings. The molecular formula is C41H44N6O14S. The predicted octanol–water partition coefficient (Wildman–Crippen LogP) is 6.13. The molecule has 0 aliphatic carbocycles. The van der Waals surface area contributed by atoms with Crippen LogP contribution < -0.4 is 5.32 Å². The lowest BCUT2D eigenvalue weighted by atomic mass is 9.79. The number of carbonyl (C=O) groups is 4. The first-order valence-electron chi connectivity index (χ1n) is 19.5. The fraction of sp³-hybridized carbons (Fsp3) is 0.415. The molecule has 0 bridgehead atoms. The Morgan fingerprint density at radius 3 is 1.76 bits per heavy atom. The van der Waals surface area contributed by atoms with E-state index in [0.29, 0.717) is 28.0 Å². The van der Waals surface area contributed by atoms with Gasteiger partial charge in [0.1, 0.15) is 25.5 Å². The number of rotatable bonds is 16. The molecule has 3 aromatic carbocycles. The smallest absolute Gasteiger partial charge is 0.410 e. The van der Waals surface area contributed by atoms with Crippen molar-refractivity contribution in [1.82, 2.24) is 15.1 Å². The van der Waals surface area contributed by atoms with Crippen LogP contribution in [0.25, 0.3) is 0 Å². The molecule has 6 atom stereocenters. The van der Waals surface area contributed by atoms with E-state index in [4.69, 9.17) is 14.2 Å². The third-order valence-electron chi connectivity index (χ3n) is 10.9. The Bertz CT molecular complexity index is 2270. The Morgan fingerprint density at radius 1 is 0.823 bits per heavy atom. The van der Waals surface area contributed by atoms with E-state index in [1.165, 1.54) is 101 Å². The van der Waals surface area contributed by atoms with Crippen molar-refractivity contribution >= 4 is 52.9 Å². The number of aliphatic hydroxyl groups excluding tert-OH is 1. The number of likely N-dealkylation sites (tertiary alicyclic amines) is 1. The number of ether oxygens (including phenoxy) is 3. The van der Waals surface area contributed by atoms with Gasteiger partial charge in [-0.2, -0.15) is 0 Å². The van der Waals surface area contributed by atoms with E-state index in [-0.39, 0.29) is 60.8 Å². The van der Waals surface area contributed by atoms with Gasteiger partial charge in [0.05, 0.1) is 32.8 Å². The number of hydrogen-bond donors (Lipinski definition) is 2. The van der Waals surface area contributed by atoms with E-state index in [1.807, 2.05) is 6.92 Å². The van der Waals surface area contributed by atoms with Crippen molar-refractivity contribution in [2.75, 3.05) is 6.54 Å². The highest BCUT2D eigenvalue weighted by molar-refractivity contribution is 8.03. The van der Waals surface area contributed by atoms with E-state index >= 15 is 0 Å². The normalized spacial score (nSPS) is 21.1. The number of benzene rings is 3. The summed E-state index contributed by atoms with van der Waals surface area (Å²) in [6.07, 6.45) is -1.91. The van der Waals surface area contributed by atoms with Crippen LogP contribution in [-0.4, -0.2) is 89.3 Å². The summed E-state index contributed by atoms with van der Waals surface area (Å²) in [7, 11) is 0.